The van der Waals surface area contributed by atoms with Crippen molar-refractivity contribution in [2.24, 2.45) is 5.16 Å². The Kier molecular flexibility index (Phi) is 3.15. The number of hydrogen-bond donors (Lipinski definition) is 0. The zero-order chi connectivity index (χ0) is 8.27. The highest BCUT2D eigenvalue weighted by Crippen LogP contribution is 2.14. The van der Waals surface area contributed by atoms with Gasteiger partial charge in [-0.3, -0.25) is 0 Å². The normalized spacial score (nSPS) is 26.1. The van der Waals surface area contributed by atoms with Gasteiger partial charge in [-0.1, -0.05) is 5.16 Å². The maximum Gasteiger partial charge on any atom is 0.146 e. The molecule has 0 saturated heterocycles. The van der Waals surface area contributed by atoms with Crippen molar-refractivity contribution in [3.63, 3.8) is 0 Å². The number of alkyl halides is 1. The molecule has 0 aromatic heterocycles. The molecule has 3 nitrogen and oxygen atoms in total. The van der Waals surface area contributed by atoms with E-state index in [-0.39, 0.29) is 12.2 Å². The van der Waals surface area contributed by atoms with Gasteiger partial charge in [0.25, 0.3) is 0 Å². The summed E-state index contributed by atoms with van der Waals surface area (Å²) in [7, 11) is 1.65. The van der Waals surface area contributed by atoms with Crippen LogP contribution in [0.1, 0.15) is 13.3 Å². The summed E-state index contributed by atoms with van der Waals surface area (Å²) in [6.07, 6.45) is 0.880. The third kappa shape index (κ3) is 2.07. The van der Waals surface area contributed by atoms with Gasteiger partial charge in [-0.25, -0.2) is 0 Å². The molecule has 0 bridgehead atoms. The van der Waals surface area contributed by atoms with Crippen LogP contribution in [0.15, 0.2) is 5.16 Å². The van der Waals surface area contributed by atoms with Crippen LogP contribution >= 0.6 is 11.6 Å². The van der Waals surface area contributed by atoms with E-state index < -0.39 is 0 Å². The predicted molar refractivity (Wildman–Crippen MR) is 44.1 cm³/mol. The highest BCUT2D eigenvalue weighted by atomic mass is 35.5. The fourth-order valence-corrected chi connectivity index (χ4v) is 1.07. The molecular weight excluding hydrogens is 166 g/mol. The van der Waals surface area contributed by atoms with Gasteiger partial charge in [0.2, 0.25) is 0 Å². The van der Waals surface area contributed by atoms with Gasteiger partial charge in [0.05, 0.1) is 17.7 Å². The van der Waals surface area contributed by atoms with Crippen molar-refractivity contribution in [1.29, 1.82) is 0 Å². The topological polar surface area (TPSA) is 30.8 Å². The SMILES string of the molecule is COC(C)C1=NOC(CCl)C1. The van der Waals surface area contributed by atoms with Crippen LogP contribution in [0.25, 0.3) is 0 Å². The van der Waals surface area contributed by atoms with E-state index >= 15 is 0 Å². The van der Waals surface area contributed by atoms with Crippen LogP contribution in [-0.2, 0) is 9.57 Å². The average Bonchev–Trinajstić information content (AvgIpc) is 2.50. The molecule has 0 aliphatic carbocycles. The van der Waals surface area contributed by atoms with Crippen molar-refractivity contribution in [2.75, 3.05) is 13.0 Å². The van der Waals surface area contributed by atoms with Gasteiger partial charge in [-0.05, 0) is 6.92 Å². The Morgan fingerprint density at radius 3 is 3.09 bits per heavy atom. The van der Waals surface area contributed by atoms with Crippen LogP contribution in [0.3, 0.4) is 0 Å². The summed E-state index contributed by atoms with van der Waals surface area (Å²) in [5.74, 6) is 0.490. The second-order valence-electron chi connectivity index (χ2n) is 2.55. The summed E-state index contributed by atoms with van der Waals surface area (Å²) in [5.41, 5.74) is 0.943. The van der Waals surface area contributed by atoms with Gasteiger partial charge in [-0.15, -0.1) is 11.6 Å². The van der Waals surface area contributed by atoms with Crippen LogP contribution in [0, 0.1) is 0 Å². The molecule has 2 atom stereocenters. The van der Waals surface area contributed by atoms with Crippen LogP contribution in [0.4, 0.5) is 0 Å². The van der Waals surface area contributed by atoms with Gasteiger partial charge in [0.15, 0.2) is 0 Å². The fourth-order valence-electron chi connectivity index (χ4n) is 0.909. The van der Waals surface area contributed by atoms with Crippen molar-refractivity contribution in [3.8, 4) is 0 Å². The van der Waals surface area contributed by atoms with E-state index in [4.69, 9.17) is 21.2 Å². The van der Waals surface area contributed by atoms with Gasteiger partial charge in [0, 0.05) is 13.5 Å². The first-order valence-electron chi connectivity index (χ1n) is 3.59. The van der Waals surface area contributed by atoms with E-state index in [0.29, 0.717) is 5.88 Å². The Bertz CT molecular complexity index is 161. The number of nitrogens with zero attached hydrogens (tertiary/aromatic N) is 1. The van der Waals surface area contributed by atoms with Gasteiger partial charge < -0.3 is 9.57 Å². The molecule has 4 heteroatoms. The first-order valence-corrected chi connectivity index (χ1v) is 4.12. The molecule has 0 amide bonds. The van der Waals surface area contributed by atoms with E-state index in [9.17, 15) is 0 Å². The molecule has 1 heterocycles. The number of rotatable bonds is 3. The predicted octanol–water partition coefficient (Wildman–Crippen LogP) is 1.41. The van der Waals surface area contributed by atoms with Crippen molar-refractivity contribution in [2.45, 2.75) is 25.6 Å². The highest BCUT2D eigenvalue weighted by molar-refractivity contribution is 6.18. The number of methoxy groups -OCH3 is 1. The van der Waals surface area contributed by atoms with Gasteiger partial charge in [-0.2, -0.15) is 0 Å². The molecule has 1 aliphatic heterocycles. The minimum Gasteiger partial charge on any atom is -0.391 e. The molecule has 0 aromatic rings. The quantitative estimate of drug-likeness (QED) is 0.611. The van der Waals surface area contributed by atoms with E-state index in [0.717, 1.165) is 12.1 Å². The average molecular weight is 178 g/mol. The van der Waals surface area contributed by atoms with Crippen LogP contribution in [-0.4, -0.2) is 30.9 Å². The van der Waals surface area contributed by atoms with E-state index in [2.05, 4.69) is 5.16 Å². The maximum atomic E-state index is 5.58. The maximum absolute atomic E-state index is 5.58. The molecule has 64 valence electrons. The Morgan fingerprint density at radius 1 is 1.91 bits per heavy atom. The summed E-state index contributed by atoms with van der Waals surface area (Å²) in [6.45, 7) is 1.94. The van der Waals surface area contributed by atoms with Gasteiger partial charge >= 0.3 is 0 Å². The third-order valence-electron chi connectivity index (χ3n) is 1.75. The molecular formula is C7H12ClNO2. The first kappa shape index (κ1) is 8.81. The van der Waals surface area contributed by atoms with Crippen LogP contribution in [0.2, 0.25) is 0 Å². The largest absolute Gasteiger partial charge is 0.391 e. The van der Waals surface area contributed by atoms with Crippen molar-refractivity contribution in [3.05, 3.63) is 0 Å². The molecule has 0 saturated carbocycles. The Balaban J connectivity index is 2.39. The zero-order valence-electron chi connectivity index (χ0n) is 6.71. The van der Waals surface area contributed by atoms with Crippen molar-refractivity contribution in [1.82, 2.24) is 0 Å². The summed E-state index contributed by atoms with van der Waals surface area (Å²) in [4.78, 5) is 5.01. The van der Waals surface area contributed by atoms with E-state index in [1.807, 2.05) is 6.92 Å². The number of hydrogen-bond acceptors (Lipinski definition) is 3. The van der Waals surface area contributed by atoms with Crippen LogP contribution in [0.5, 0.6) is 0 Å². The summed E-state index contributed by atoms with van der Waals surface area (Å²) in [6, 6.07) is 0. The summed E-state index contributed by atoms with van der Waals surface area (Å²) < 4.78 is 5.07. The molecule has 0 radical (unpaired) electrons. The minimum absolute atomic E-state index is 0.0446. The molecule has 0 spiro atoms. The van der Waals surface area contributed by atoms with Crippen molar-refractivity contribution < 1.29 is 9.57 Å². The lowest BCUT2D eigenvalue weighted by Crippen LogP contribution is -2.19. The summed E-state index contributed by atoms with van der Waals surface area (Å²) in [5, 5.41) is 3.87. The fraction of sp³-hybridized carbons (Fsp3) is 0.857. The molecule has 0 aromatic carbocycles. The standard InChI is InChI=1S/C7H12ClNO2/c1-5(10-2)7-3-6(4-8)11-9-7/h5-6H,3-4H2,1-2H3. The highest BCUT2D eigenvalue weighted by Gasteiger charge is 2.23. The zero-order valence-corrected chi connectivity index (χ0v) is 7.47. The smallest absolute Gasteiger partial charge is 0.146 e. The second-order valence-corrected chi connectivity index (χ2v) is 2.86. The molecule has 0 fully saturated rings. The monoisotopic (exact) mass is 177 g/mol. The number of oxime groups is 1. The Hall–Kier alpha value is -0.280. The lowest BCUT2D eigenvalue weighted by molar-refractivity contribution is 0.101. The lowest BCUT2D eigenvalue weighted by atomic mass is 10.1. The lowest BCUT2D eigenvalue weighted by Gasteiger charge is -2.06. The first-order chi connectivity index (χ1) is 5.27. The summed E-state index contributed by atoms with van der Waals surface area (Å²) >= 11 is 5.58. The number of halogens is 1. The number of ether oxygens (including phenoxy) is 1. The molecule has 1 aliphatic rings. The minimum atomic E-state index is 0.0446. The molecule has 1 rings (SSSR count). The van der Waals surface area contributed by atoms with Crippen LogP contribution < -0.4 is 0 Å². The Morgan fingerprint density at radius 2 is 2.64 bits per heavy atom. The third-order valence-corrected chi connectivity index (χ3v) is 2.09. The molecule has 0 N–H and O–H groups in total. The van der Waals surface area contributed by atoms with Crippen molar-refractivity contribution >= 4 is 17.3 Å². The Labute approximate surface area is 71.3 Å². The van der Waals surface area contributed by atoms with E-state index in [1.54, 1.807) is 7.11 Å². The van der Waals surface area contributed by atoms with Gasteiger partial charge in [0.1, 0.15) is 6.10 Å². The van der Waals surface area contributed by atoms with E-state index in [1.165, 1.54) is 0 Å². The second kappa shape index (κ2) is 3.93. The molecule has 2 unspecified atom stereocenters. The molecule has 11 heavy (non-hydrogen) atoms.